The molecule has 10 nitrogen and oxygen atoms in total. The van der Waals surface area contributed by atoms with E-state index >= 15 is 4.39 Å². The molecule has 2 aromatic heterocycles. The lowest BCUT2D eigenvalue weighted by Crippen LogP contribution is -2.39. The molecule has 11 heteroatoms. The molecule has 2 saturated heterocycles. The fourth-order valence-electron chi connectivity index (χ4n) is 7.23. The van der Waals surface area contributed by atoms with Gasteiger partial charge < -0.3 is 15.0 Å². The van der Waals surface area contributed by atoms with Crippen LogP contribution in [0.1, 0.15) is 98.9 Å². The Kier molecular flexibility index (Phi) is 11.1. The van der Waals surface area contributed by atoms with Crippen molar-refractivity contribution in [3.8, 4) is 11.3 Å². The Hall–Kier alpha value is -4.64. The van der Waals surface area contributed by atoms with Gasteiger partial charge in [-0.3, -0.25) is 14.9 Å². The molecule has 6 rings (SSSR count). The molecule has 0 radical (unpaired) electrons. The molecule has 4 aromatic rings. The van der Waals surface area contributed by atoms with Crippen molar-refractivity contribution in [1.82, 2.24) is 30.1 Å². The highest BCUT2D eigenvalue weighted by Crippen LogP contribution is 2.32. The van der Waals surface area contributed by atoms with E-state index in [9.17, 15) is 14.4 Å². The van der Waals surface area contributed by atoms with Crippen LogP contribution < -0.4 is 10.6 Å². The molecule has 2 unspecified atom stereocenters. The quantitative estimate of drug-likeness (QED) is 0.166. The second-order valence-corrected chi connectivity index (χ2v) is 15.0. The van der Waals surface area contributed by atoms with Gasteiger partial charge in [-0.1, -0.05) is 36.4 Å². The van der Waals surface area contributed by atoms with E-state index in [1.807, 2.05) is 62.7 Å². The fraction of sp³-hybridized carbons (Fsp3) is 0.475. The van der Waals surface area contributed by atoms with Gasteiger partial charge in [0.2, 0.25) is 11.8 Å². The van der Waals surface area contributed by atoms with E-state index < -0.39 is 17.9 Å². The van der Waals surface area contributed by atoms with Crippen molar-refractivity contribution in [2.75, 3.05) is 19.6 Å². The Morgan fingerprint density at radius 2 is 1.80 bits per heavy atom. The number of halogens is 1. The van der Waals surface area contributed by atoms with Crippen LogP contribution in [0.4, 0.5) is 9.18 Å². The zero-order valence-electron chi connectivity index (χ0n) is 30.1. The van der Waals surface area contributed by atoms with Crippen LogP contribution in [0.25, 0.3) is 16.8 Å². The van der Waals surface area contributed by atoms with Crippen LogP contribution in [0, 0.1) is 6.92 Å². The van der Waals surface area contributed by atoms with Gasteiger partial charge in [0.1, 0.15) is 18.1 Å². The van der Waals surface area contributed by atoms with Gasteiger partial charge in [0, 0.05) is 31.3 Å². The van der Waals surface area contributed by atoms with Crippen LogP contribution in [-0.2, 0) is 27.3 Å². The summed E-state index contributed by atoms with van der Waals surface area (Å²) in [6.45, 7) is 10.1. The molecule has 4 heterocycles. The minimum Gasteiger partial charge on any atom is -0.444 e. The molecule has 0 bridgehead atoms. The number of carbonyl (C=O) groups is 3. The smallest absolute Gasteiger partial charge is 0.407 e. The van der Waals surface area contributed by atoms with Crippen LogP contribution in [0.2, 0.25) is 0 Å². The third-order valence-corrected chi connectivity index (χ3v) is 9.98. The predicted molar refractivity (Wildman–Crippen MR) is 194 cm³/mol. The van der Waals surface area contributed by atoms with Gasteiger partial charge in [0.05, 0.1) is 17.1 Å². The predicted octanol–water partition coefficient (Wildman–Crippen LogP) is 6.79. The average molecular weight is 697 g/mol. The van der Waals surface area contributed by atoms with Crippen molar-refractivity contribution >= 4 is 23.4 Å². The normalized spacial score (nSPS) is 18.1. The summed E-state index contributed by atoms with van der Waals surface area (Å²) in [5.41, 5.74) is 7.47. The molecule has 2 N–H and O–H groups in total. The van der Waals surface area contributed by atoms with Crippen LogP contribution in [0.3, 0.4) is 0 Å². The number of rotatable bonds is 11. The van der Waals surface area contributed by atoms with Crippen LogP contribution in [0.15, 0.2) is 61.1 Å². The number of alkyl halides is 1. The molecular formula is C40H49FN6O4. The number of hydrogen-bond acceptors (Lipinski definition) is 7. The highest BCUT2D eigenvalue weighted by molar-refractivity contribution is 6.00. The first kappa shape index (κ1) is 36.2. The van der Waals surface area contributed by atoms with E-state index in [4.69, 9.17) is 4.74 Å². The third kappa shape index (κ3) is 9.38. The van der Waals surface area contributed by atoms with Gasteiger partial charge in [-0.2, -0.15) is 5.10 Å². The highest BCUT2D eigenvalue weighted by atomic mass is 19.1. The zero-order chi connectivity index (χ0) is 36.1. The Morgan fingerprint density at radius 1 is 1.06 bits per heavy atom. The second kappa shape index (κ2) is 15.7. The zero-order valence-corrected chi connectivity index (χ0v) is 30.1. The molecule has 51 heavy (non-hydrogen) atoms. The molecule has 2 fully saturated rings. The van der Waals surface area contributed by atoms with Gasteiger partial charge in [-0.25, -0.2) is 18.7 Å². The topological polar surface area (TPSA) is 118 Å². The standard InChI is InChI=1S/C40H49FN6O4/c1-26-20-31(12-13-32(26)22-42-39(50)51-40(2,3)4)37-35-21-27(23-47(35)44-25-43-37)6-5-7-33(41)24-46-18-16-29(17-19-46)28-8-10-30(11-9-28)34-14-15-36(48)45-38(34)49/h8-13,20-21,23,25,29,33-34H,5-7,14-19,22,24H2,1-4H3,(H,42,50)(H,45,48,49). The maximum Gasteiger partial charge on any atom is 0.407 e. The van der Waals surface area contributed by atoms with Crippen molar-refractivity contribution in [3.05, 3.63) is 88.9 Å². The van der Waals surface area contributed by atoms with Gasteiger partial charge >= 0.3 is 6.09 Å². The van der Waals surface area contributed by atoms with E-state index in [2.05, 4.69) is 49.9 Å². The van der Waals surface area contributed by atoms with Crippen molar-refractivity contribution in [1.29, 1.82) is 0 Å². The molecule has 2 atom stereocenters. The number of benzene rings is 2. The summed E-state index contributed by atoms with van der Waals surface area (Å²) in [5.74, 6) is -0.243. The van der Waals surface area contributed by atoms with E-state index in [0.717, 1.165) is 77.8 Å². The van der Waals surface area contributed by atoms with Crippen molar-refractivity contribution < 1.29 is 23.5 Å². The average Bonchev–Trinajstić information content (AvgIpc) is 3.51. The summed E-state index contributed by atoms with van der Waals surface area (Å²) in [6, 6.07) is 16.4. The maximum absolute atomic E-state index is 15.2. The van der Waals surface area contributed by atoms with Crippen LogP contribution in [-0.4, -0.2) is 68.8 Å². The molecule has 2 aliphatic rings. The number of aromatic nitrogens is 3. The molecule has 0 aliphatic carbocycles. The van der Waals surface area contributed by atoms with Gasteiger partial charge in [-0.05, 0) is 125 Å². The maximum atomic E-state index is 15.2. The summed E-state index contributed by atoms with van der Waals surface area (Å²) in [4.78, 5) is 42.7. The highest BCUT2D eigenvalue weighted by Gasteiger charge is 2.28. The van der Waals surface area contributed by atoms with Gasteiger partial charge in [0.15, 0.2) is 0 Å². The van der Waals surface area contributed by atoms with E-state index in [-0.39, 0.29) is 17.7 Å². The first-order chi connectivity index (χ1) is 24.4. The number of nitrogens with zero attached hydrogens (tertiary/aromatic N) is 4. The molecule has 0 spiro atoms. The number of nitrogens with one attached hydrogen (secondary N) is 2. The first-order valence-electron chi connectivity index (χ1n) is 18.1. The number of piperidine rings is 2. The van der Waals surface area contributed by atoms with E-state index in [1.54, 1.807) is 6.33 Å². The fourth-order valence-corrected chi connectivity index (χ4v) is 7.23. The Morgan fingerprint density at radius 3 is 2.51 bits per heavy atom. The molecule has 3 amide bonds. The summed E-state index contributed by atoms with van der Waals surface area (Å²) in [6.07, 6.45) is 7.13. The number of likely N-dealkylation sites (tertiary alicyclic amines) is 1. The number of alkyl carbamates (subject to hydrolysis) is 1. The SMILES string of the molecule is Cc1cc(-c2ncnn3cc(CCCC(F)CN4CCC(c5ccc(C6CCC(=O)NC6=O)cc5)CC4)cc23)ccc1CNC(=O)OC(C)(C)C. The van der Waals surface area contributed by atoms with Gasteiger partial charge in [0.25, 0.3) is 0 Å². The van der Waals surface area contributed by atoms with Crippen molar-refractivity contribution in [2.24, 2.45) is 0 Å². The minimum atomic E-state index is -0.881. The molecule has 0 saturated carbocycles. The van der Waals surface area contributed by atoms with E-state index in [0.29, 0.717) is 38.3 Å². The number of aryl methyl sites for hydroxylation is 2. The lowest BCUT2D eigenvalue weighted by molar-refractivity contribution is -0.134. The first-order valence-corrected chi connectivity index (χ1v) is 18.1. The molecule has 2 aromatic carbocycles. The minimum absolute atomic E-state index is 0.197. The Bertz CT molecular complexity index is 1860. The number of ether oxygens (including phenoxy) is 1. The Labute approximate surface area is 299 Å². The molecular weight excluding hydrogens is 647 g/mol. The van der Waals surface area contributed by atoms with Crippen molar-refractivity contribution in [3.63, 3.8) is 0 Å². The summed E-state index contributed by atoms with van der Waals surface area (Å²) >= 11 is 0. The summed E-state index contributed by atoms with van der Waals surface area (Å²) < 4.78 is 22.4. The summed E-state index contributed by atoms with van der Waals surface area (Å²) in [7, 11) is 0. The second-order valence-electron chi connectivity index (χ2n) is 15.0. The van der Waals surface area contributed by atoms with Crippen LogP contribution in [0.5, 0.6) is 0 Å². The van der Waals surface area contributed by atoms with Gasteiger partial charge in [-0.15, -0.1) is 0 Å². The van der Waals surface area contributed by atoms with Crippen molar-refractivity contribution in [2.45, 2.75) is 103 Å². The number of imide groups is 1. The molecule has 2 aliphatic heterocycles. The van der Waals surface area contributed by atoms with Crippen LogP contribution >= 0.6 is 0 Å². The third-order valence-electron chi connectivity index (χ3n) is 9.98. The number of carbonyl (C=O) groups excluding carboxylic acids is 3. The lowest BCUT2D eigenvalue weighted by Gasteiger charge is -2.33. The number of fused-ring (bicyclic) bond motifs is 1. The van der Waals surface area contributed by atoms with E-state index in [1.165, 1.54) is 5.56 Å². The number of amides is 3. The largest absolute Gasteiger partial charge is 0.444 e. The number of hydrogen-bond donors (Lipinski definition) is 2. The summed E-state index contributed by atoms with van der Waals surface area (Å²) in [5, 5.41) is 9.69. The molecule has 270 valence electrons. The Balaban J connectivity index is 0.958. The lowest BCUT2D eigenvalue weighted by atomic mass is 9.86. The monoisotopic (exact) mass is 696 g/mol.